The van der Waals surface area contributed by atoms with Crippen molar-refractivity contribution in [3.63, 3.8) is 0 Å². The van der Waals surface area contributed by atoms with E-state index in [0.29, 0.717) is 10.8 Å². The SMILES string of the molecule is Cc1ccoc1C(=O)NC(c1ccccc1)c1cccc(Cl)c1. The van der Waals surface area contributed by atoms with Gasteiger partial charge in [0, 0.05) is 10.6 Å². The summed E-state index contributed by atoms with van der Waals surface area (Å²) in [6, 6.07) is 18.7. The third-order valence-corrected chi connectivity index (χ3v) is 3.89. The Morgan fingerprint density at radius 2 is 1.78 bits per heavy atom. The summed E-state index contributed by atoms with van der Waals surface area (Å²) in [6.07, 6.45) is 1.52. The smallest absolute Gasteiger partial charge is 0.288 e. The average Bonchev–Trinajstić information content (AvgIpc) is 2.99. The molecule has 0 bridgehead atoms. The molecule has 0 saturated heterocycles. The van der Waals surface area contributed by atoms with Crippen LogP contribution < -0.4 is 5.32 Å². The van der Waals surface area contributed by atoms with Gasteiger partial charge in [0.05, 0.1) is 12.3 Å². The number of halogens is 1. The highest BCUT2D eigenvalue weighted by molar-refractivity contribution is 6.30. The van der Waals surface area contributed by atoms with E-state index in [-0.39, 0.29) is 11.9 Å². The van der Waals surface area contributed by atoms with Crippen LogP contribution in [0.1, 0.15) is 33.3 Å². The van der Waals surface area contributed by atoms with Gasteiger partial charge in [0.2, 0.25) is 0 Å². The monoisotopic (exact) mass is 325 g/mol. The second kappa shape index (κ2) is 6.71. The zero-order chi connectivity index (χ0) is 16.2. The molecule has 2 aromatic carbocycles. The van der Waals surface area contributed by atoms with E-state index in [0.717, 1.165) is 16.7 Å². The van der Waals surface area contributed by atoms with Crippen LogP contribution in [0.15, 0.2) is 71.3 Å². The Labute approximate surface area is 139 Å². The Balaban J connectivity index is 1.96. The summed E-state index contributed by atoms with van der Waals surface area (Å²) < 4.78 is 5.28. The highest BCUT2D eigenvalue weighted by Crippen LogP contribution is 2.25. The molecule has 23 heavy (non-hydrogen) atoms. The maximum absolute atomic E-state index is 12.5. The van der Waals surface area contributed by atoms with Gasteiger partial charge in [0.1, 0.15) is 0 Å². The van der Waals surface area contributed by atoms with Crippen LogP contribution in [-0.2, 0) is 0 Å². The molecule has 116 valence electrons. The number of amides is 1. The molecule has 1 N–H and O–H groups in total. The number of hydrogen-bond acceptors (Lipinski definition) is 2. The lowest BCUT2D eigenvalue weighted by Crippen LogP contribution is -2.29. The fourth-order valence-corrected chi connectivity index (χ4v) is 2.69. The molecule has 3 nitrogen and oxygen atoms in total. The van der Waals surface area contributed by atoms with Crippen LogP contribution in [-0.4, -0.2) is 5.91 Å². The molecule has 1 unspecified atom stereocenters. The number of benzene rings is 2. The number of nitrogens with one attached hydrogen (secondary N) is 1. The molecule has 3 rings (SSSR count). The minimum atomic E-state index is -0.299. The van der Waals surface area contributed by atoms with E-state index in [1.165, 1.54) is 6.26 Å². The first kappa shape index (κ1) is 15.4. The minimum Gasteiger partial charge on any atom is -0.459 e. The van der Waals surface area contributed by atoms with Gasteiger partial charge in [-0.3, -0.25) is 4.79 Å². The summed E-state index contributed by atoms with van der Waals surface area (Å²) in [5, 5.41) is 3.66. The molecule has 1 aromatic heterocycles. The molecule has 1 amide bonds. The van der Waals surface area contributed by atoms with Crippen molar-refractivity contribution in [1.29, 1.82) is 0 Å². The van der Waals surface area contributed by atoms with Crippen molar-refractivity contribution in [2.45, 2.75) is 13.0 Å². The summed E-state index contributed by atoms with van der Waals surface area (Å²) in [7, 11) is 0. The van der Waals surface area contributed by atoms with Crippen molar-refractivity contribution < 1.29 is 9.21 Å². The zero-order valence-corrected chi connectivity index (χ0v) is 13.4. The lowest BCUT2D eigenvalue weighted by molar-refractivity contribution is 0.0914. The molecule has 1 heterocycles. The minimum absolute atomic E-state index is 0.249. The Morgan fingerprint density at radius 1 is 1.04 bits per heavy atom. The summed E-state index contributed by atoms with van der Waals surface area (Å²) >= 11 is 6.11. The maximum atomic E-state index is 12.5. The molecular formula is C19H16ClNO2. The van der Waals surface area contributed by atoms with E-state index in [4.69, 9.17) is 16.0 Å². The van der Waals surface area contributed by atoms with Gasteiger partial charge in [-0.1, -0.05) is 54.1 Å². The molecule has 1 atom stereocenters. The van der Waals surface area contributed by atoms with Gasteiger partial charge >= 0.3 is 0 Å². The average molecular weight is 326 g/mol. The van der Waals surface area contributed by atoms with Gasteiger partial charge in [-0.2, -0.15) is 0 Å². The Kier molecular flexibility index (Phi) is 4.49. The van der Waals surface area contributed by atoms with Crippen LogP contribution in [0, 0.1) is 6.92 Å². The molecule has 0 radical (unpaired) electrons. The molecule has 0 aliphatic rings. The van der Waals surface area contributed by atoms with Gasteiger partial charge in [-0.15, -0.1) is 0 Å². The topological polar surface area (TPSA) is 42.2 Å². The van der Waals surface area contributed by atoms with Crippen molar-refractivity contribution in [1.82, 2.24) is 5.32 Å². The lowest BCUT2D eigenvalue weighted by Gasteiger charge is -2.19. The Morgan fingerprint density at radius 3 is 2.43 bits per heavy atom. The highest BCUT2D eigenvalue weighted by atomic mass is 35.5. The third kappa shape index (κ3) is 3.46. The van der Waals surface area contributed by atoms with Crippen molar-refractivity contribution in [2.24, 2.45) is 0 Å². The van der Waals surface area contributed by atoms with Crippen molar-refractivity contribution >= 4 is 17.5 Å². The normalized spacial score (nSPS) is 11.9. The fraction of sp³-hybridized carbons (Fsp3) is 0.105. The number of carbonyl (C=O) groups excluding carboxylic acids is 1. The number of carbonyl (C=O) groups is 1. The van der Waals surface area contributed by atoms with E-state index < -0.39 is 0 Å². The molecule has 0 aliphatic heterocycles. The van der Waals surface area contributed by atoms with Crippen LogP contribution in [0.25, 0.3) is 0 Å². The molecule has 4 heteroatoms. The third-order valence-electron chi connectivity index (χ3n) is 3.66. The van der Waals surface area contributed by atoms with Crippen molar-refractivity contribution in [3.05, 3.63) is 94.4 Å². The van der Waals surface area contributed by atoms with E-state index in [1.807, 2.05) is 61.5 Å². The van der Waals surface area contributed by atoms with Crippen LogP contribution in [0.2, 0.25) is 5.02 Å². The van der Waals surface area contributed by atoms with Crippen LogP contribution in [0.5, 0.6) is 0 Å². The van der Waals surface area contributed by atoms with Crippen molar-refractivity contribution in [2.75, 3.05) is 0 Å². The van der Waals surface area contributed by atoms with E-state index >= 15 is 0 Å². The molecule has 0 spiro atoms. The molecular weight excluding hydrogens is 310 g/mol. The molecule has 3 aromatic rings. The highest BCUT2D eigenvalue weighted by Gasteiger charge is 2.20. The molecule has 0 saturated carbocycles. The maximum Gasteiger partial charge on any atom is 0.288 e. The fourth-order valence-electron chi connectivity index (χ4n) is 2.49. The Bertz CT molecular complexity index is 811. The quantitative estimate of drug-likeness (QED) is 0.751. The molecule has 0 fully saturated rings. The van der Waals surface area contributed by atoms with Gasteiger partial charge in [0.15, 0.2) is 5.76 Å². The first-order valence-electron chi connectivity index (χ1n) is 7.30. The van der Waals surface area contributed by atoms with E-state index in [2.05, 4.69) is 5.32 Å². The number of aryl methyl sites for hydroxylation is 1. The van der Waals surface area contributed by atoms with Gasteiger partial charge < -0.3 is 9.73 Å². The van der Waals surface area contributed by atoms with Gasteiger partial charge in [-0.25, -0.2) is 0 Å². The first-order chi connectivity index (χ1) is 11.1. The largest absolute Gasteiger partial charge is 0.459 e. The van der Waals surface area contributed by atoms with Gasteiger partial charge in [-0.05, 0) is 36.2 Å². The summed E-state index contributed by atoms with van der Waals surface area (Å²) in [5.41, 5.74) is 2.70. The summed E-state index contributed by atoms with van der Waals surface area (Å²) in [6.45, 7) is 1.84. The first-order valence-corrected chi connectivity index (χ1v) is 7.68. The second-order valence-corrected chi connectivity index (χ2v) is 5.74. The predicted octanol–water partition coefficient (Wildman–Crippen LogP) is 4.76. The number of rotatable bonds is 4. The predicted molar refractivity (Wildman–Crippen MR) is 90.6 cm³/mol. The van der Waals surface area contributed by atoms with Crippen molar-refractivity contribution in [3.8, 4) is 0 Å². The zero-order valence-electron chi connectivity index (χ0n) is 12.6. The standard InChI is InChI=1S/C19H16ClNO2/c1-13-10-11-23-18(13)19(22)21-17(14-6-3-2-4-7-14)15-8-5-9-16(20)12-15/h2-12,17H,1H3,(H,21,22). The van der Waals surface area contributed by atoms with E-state index in [9.17, 15) is 4.79 Å². The molecule has 0 aliphatic carbocycles. The number of hydrogen-bond donors (Lipinski definition) is 1. The summed E-state index contributed by atoms with van der Waals surface area (Å²) in [4.78, 5) is 12.5. The number of furan rings is 1. The summed E-state index contributed by atoms with van der Waals surface area (Å²) in [5.74, 6) is 0.0780. The Hall–Kier alpha value is -2.52. The second-order valence-electron chi connectivity index (χ2n) is 5.30. The van der Waals surface area contributed by atoms with Gasteiger partial charge in [0.25, 0.3) is 5.91 Å². The van der Waals surface area contributed by atoms with Crippen LogP contribution in [0.4, 0.5) is 0 Å². The lowest BCUT2D eigenvalue weighted by atomic mass is 9.98. The van der Waals surface area contributed by atoms with Crippen LogP contribution >= 0.6 is 11.6 Å². The van der Waals surface area contributed by atoms with E-state index in [1.54, 1.807) is 6.07 Å². The van der Waals surface area contributed by atoms with Crippen LogP contribution in [0.3, 0.4) is 0 Å².